The van der Waals surface area contributed by atoms with Crippen LogP contribution in [-0.2, 0) is 28.6 Å². The minimum Gasteiger partial charge on any atom is -0.459 e. The second-order valence-corrected chi connectivity index (χ2v) is 15.5. The molecule has 3 rings (SSSR count). The molecular weight excluding hydrogens is 552 g/mol. The number of hydrogen-bond donors (Lipinski definition) is 0. The number of esters is 3. The van der Waals surface area contributed by atoms with Gasteiger partial charge >= 0.3 is 17.9 Å². The topological polar surface area (TPSA) is 78.9 Å². The molecule has 0 aromatic carbocycles. The maximum atomic E-state index is 12.1. The van der Waals surface area contributed by atoms with Gasteiger partial charge in [0.1, 0.15) is 16.8 Å². The predicted octanol–water partition coefficient (Wildman–Crippen LogP) is 10.7. The van der Waals surface area contributed by atoms with Gasteiger partial charge in [0.15, 0.2) is 0 Å². The standard InChI is InChI=1S/C14H26O2.C13H24O2.C11H20O2/c1-5-9-14(10-7-8-11-14)16-12(15)13(3,4)6-2;1-5-12(3,4)11(14)15-13(6-2)9-7-8-10-13;1-4-9(2)10(12)13-11(3)7-5-6-8-11/h5-11H2,1-4H3;5-10H2,1-4H3;9H,4-8H2,1-3H3. The van der Waals surface area contributed by atoms with Gasteiger partial charge in [-0.25, -0.2) is 0 Å². The first kappa shape index (κ1) is 40.4. The van der Waals surface area contributed by atoms with Crippen LogP contribution in [0.25, 0.3) is 0 Å². The highest BCUT2D eigenvalue weighted by Gasteiger charge is 2.41. The van der Waals surface area contributed by atoms with E-state index in [9.17, 15) is 14.4 Å². The summed E-state index contributed by atoms with van der Waals surface area (Å²) in [5.74, 6) is 0.00317. The van der Waals surface area contributed by atoms with Gasteiger partial charge in [0.2, 0.25) is 0 Å². The molecule has 0 N–H and O–H groups in total. The molecule has 1 atom stereocenters. The fourth-order valence-corrected chi connectivity index (χ4v) is 6.12. The molecule has 6 nitrogen and oxygen atoms in total. The van der Waals surface area contributed by atoms with E-state index in [1.165, 1.54) is 38.5 Å². The van der Waals surface area contributed by atoms with Crippen LogP contribution in [0.4, 0.5) is 0 Å². The van der Waals surface area contributed by atoms with Crippen molar-refractivity contribution < 1.29 is 28.6 Å². The van der Waals surface area contributed by atoms with Crippen LogP contribution in [0, 0.1) is 16.7 Å². The van der Waals surface area contributed by atoms with E-state index in [-0.39, 0.29) is 51.5 Å². The zero-order valence-corrected chi connectivity index (χ0v) is 30.8. The van der Waals surface area contributed by atoms with Gasteiger partial charge in [-0.05, 0) is 144 Å². The number of carbonyl (C=O) groups is 3. The highest BCUT2D eigenvalue weighted by molar-refractivity contribution is 5.76. The summed E-state index contributed by atoms with van der Waals surface area (Å²) in [6.45, 7) is 22.3. The molecule has 0 aromatic rings. The van der Waals surface area contributed by atoms with Crippen LogP contribution in [-0.4, -0.2) is 34.7 Å². The van der Waals surface area contributed by atoms with Crippen LogP contribution < -0.4 is 0 Å². The molecule has 0 radical (unpaired) electrons. The van der Waals surface area contributed by atoms with Crippen molar-refractivity contribution in [1.82, 2.24) is 0 Å². The number of ether oxygens (including phenoxy) is 3. The van der Waals surface area contributed by atoms with E-state index in [4.69, 9.17) is 14.2 Å². The maximum Gasteiger partial charge on any atom is 0.312 e. The van der Waals surface area contributed by atoms with Crippen molar-refractivity contribution in [1.29, 1.82) is 0 Å². The van der Waals surface area contributed by atoms with Gasteiger partial charge < -0.3 is 14.2 Å². The van der Waals surface area contributed by atoms with E-state index in [0.717, 1.165) is 77.0 Å². The zero-order valence-electron chi connectivity index (χ0n) is 30.8. The van der Waals surface area contributed by atoms with Crippen LogP contribution >= 0.6 is 0 Å². The largest absolute Gasteiger partial charge is 0.459 e. The summed E-state index contributed by atoms with van der Waals surface area (Å²) >= 11 is 0. The Hall–Kier alpha value is -1.59. The molecule has 0 heterocycles. The molecule has 0 aromatic heterocycles. The molecule has 0 aliphatic heterocycles. The first-order valence-corrected chi connectivity index (χ1v) is 18.2. The molecule has 3 aliphatic carbocycles. The van der Waals surface area contributed by atoms with Crippen molar-refractivity contribution in [3.63, 3.8) is 0 Å². The van der Waals surface area contributed by atoms with E-state index in [1.54, 1.807) is 0 Å². The van der Waals surface area contributed by atoms with E-state index in [0.29, 0.717) is 0 Å². The molecule has 0 saturated heterocycles. The van der Waals surface area contributed by atoms with E-state index in [2.05, 4.69) is 20.8 Å². The van der Waals surface area contributed by atoms with Crippen LogP contribution in [0.5, 0.6) is 0 Å². The summed E-state index contributed by atoms with van der Waals surface area (Å²) in [6, 6.07) is 0. The lowest BCUT2D eigenvalue weighted by Crippen LogP contribution is -2.37. The summed E-state index contributed by atoms with van der Waals surface area (Å²) in [6.07, 6.45) is 19.1. The van der Waals surface area contributed by atoms with Gasteiger partial charge in [-0.3, -0.25) is 14.4 Å². The zero-order chi connectivity index (χ0) is 33.7. The molecule has 0 bridgehead atoms. The minimum atomic E-state index is -0.330. The first-order chi connectivity index (χ1) is 20.5. The predicted molar refractivity (Wildman–Crippen MR) is 180 cm³/mol. The quantitative estimate of drug-likeness (QED) is 0.159. The molecular formula is C38H70O6. The second-order valence-electron chi connectivity index (χ2n) is 15.5. The Kier molecular flexibility index (Phi) is 16.5. The molecule has 258 valence electrons. The third kappa shape index (κ3) is 12.3. The van der Waals surface area contributed by atoms with E-state index < -0.39 is 0 Å². The smallest absolute Gasteiger partial charge is 0.312 e. The van der Waals surface area contributed by atoms with Gasteiger partial charge in [-0.2, -0.15) is 0 Å². The normalized spacial score (nSPS) is 20.8. The van der Waals surface area contributed by atoms with Crippen molar-refractivity contribution in [2.45, 2.75) is 209 Å². The summed E-state index contributed by atoms with van der Waals surface area (Å²) in [4.78, 5) is 35.6. The minimum absolute atomic E-state index is 0.00894. The lowest BCUT2D eigenvalue weighted by molar-refractivity contribution is -0.171. The van der Waals surface area contributed by atoms with Gasteiger partial charge in [-0.15, -0.1) is 0 Å². The maximum absolute atomic E-state index is 12.1. The third-order valence-corrected chi connectivity index (χ3v) is 10.9. The molecule has 3 fully saturated rings. The van der Waals surface area contributed by atoms with Crippen LogP contribution in [0.2, 0.25) is 0 Å². The Morgan fingerprint density at radius 3 is 1.39 bits per heavy atom. The Morgan fingerprint density at radius 1 is 0.636 bits per heavy atom. The molecule has 1 unspecified atom stereocenters. The summed E-state index contributed by atoms with van der Waals surface area (Å²) in [5, 5.41) is 0. The Balaban J connectivity index is 0.000000332. The van der Waals surface area contributed by atoms with Crippen LogP contribution in [0.3, 0.4) is 0 Å². The first-order valence-electron chi connectivity index (χ1n) is 18.2. The van der Waals surface area contributed by atoms with E-state index >= 15 is 0 Å². The number of carbonyl (C=O) groups excluding carboxylic acids is 3. The van der Waals surface area contributed by atoms with Crippen molar-refractivity contribution in [2.75, 3.05) is 0 Å². The van der Waals surface area contributed by atoms with E-state index in [1.807, 2.05) is 55.4 Å². The lowest BCUT2D eigenvalue weighted by Gasteiger charge is -2.33. The van der Waals surface area contributed by atoms with Gasteiger partial charge in [0, 0.05) is 0 Å². The average molecular weight is 623 g/mol. The summed E-state index contributed by atoms with van der Waals surface area (Å²) in [7, 11) is 0. The van der Waals surface area contributed by atoms with Gasteiger partial charge in [0.05, 0.1) is 16.7 Å². The van der Waals surface area contributed by atoms with Crippen molar-refractivity contribution in [2.24, 2.45) is 16.7 Å². The van der Waals surface area contributed by atoms with Crippen molar-refractivity contribution in [3.05, 3.63) is 0 Å². The van der Waals surface area contributed by atoms with Crippen LogP contribution in [0.1, 0.15) is 192 Å². The number of hydrogen-bond acceptors (Lipinski definition) is 6. The third-order valence-electron chi connectivity index (χ3n) is 10.9. The fraction of sp³-hybridized carbons (Fsp3) is 0.921. The summed E-state index contributed by atoms with van der Waals surface area (Å²) < 4.78 is 17.1. The second kappa shape index (κ2) is 17.9. The molecule has 44 heavy (non-hydrogen) atoms. The number of rotatable bonds is 12. The van der Waals surface area contributed by atoms with Crippen molar-refractivity contribution >= 4 is 17.9 Å². The highest BCUT2D eigenvalue weighted by Crippen LogP contribution is 2.40. The Bertz CT molecular complexity index is 870. The average Bonchev–Trinajstić information content (AvgIpc) is 3.76. The van der Waals surface area contributed by atoms with Gasteiger partial charge in [0.25, 0.3) is 0 Å². The fourth-order valence-electron chi connectivity index (χ4n) is 6.12. The lowest BCUT2D eigenvalue weighted by atomic mass is 9.89. The molecule has 3 saturated carbocycles. The molecule has 3 aliphatic rings. The Morgan fingerprint density at radius 2 is 1.02 bits per heavy atom. The monoisotopic (exact) mass is 623 g/mol. The van der Waals surface area contributed by atoms with Gasteiger partial charge in [-0.1, -0.05) is 48.0 Å². The Labute approximate surface area is 271 Å². The van der Waals surface area contributed by atoms with Crippen molar-refractivity contribution in [3.8, 4) is 0 Å². The SMILES string of the molecule is CCC(C)C(=O)OC1(C)CCCC1.CCC1(OC(=O)C(C)(C)CC)CCCC1.CCCC1(OC(=O)C(C)(C)CC)CCCC1. The summed E-state index contributed by atoms with van der Waals surface area (Å²) in [5.41, 5.74) is -1.07. The molecule has 6 heteroatoms. The molecule has 0 amide bonds. The van der Waals surface area contributed by atoms with Crippen LogP contribution in [0.15, 0.2) is 0 Å². The highest BCUT2D eigenvalue weighted by atomic mass is 16.6. The molecule has 0 spiro atoms.